The second-order valence-electron chi connectivity index (χ2n) is 5.33. The number of nitrogens with two attached hydrogens (primary N) is 1. The van der Waals surface area contributed by atoms with Crippen LogP contribution in [0, 0.1) is 9.49 Å². The van der Waals surface area contributed by atoms with Crippen LogP contribution in [0.1, 0.15) is 12.8 Å². The first-order valence-electron chi connectivity index (χ1n) is 6.51. The molecule has 0 saturated carbocycles. The summed E-state index contributed by atoms with van der Waals surface area (Å²) in [5.74, 6) is 0.796. The number of halogens is 1. The molecule has 1 saturated heterocycles. The molecular weight excluding hydrogens is 337 g/mol. The largest absolute Gasteiger partial charge is 0.397 e. The summed E-state index contributed by atoms with van der Waals surface area (Å²) in [5.41, 5.74) is 8.14. The van der Waals surface area contributed by atoms with Gasteiger partial charge in [0.1, 0.15) is 0 Å². The second kappa shape index (κ2) is 6.10. The molecule has 1 heterocycles. The summed E-state index contributed by atoms with van der Waals surface area (Å²) < 4.78 is 1.20. The Bertz CT molecular complexity index is 400. The van der Waals surface area contributed by atoms with Crippen molar-refractivity contribution in [3.63, 3.8) is 0 Å². The minimum absolute atomic E-state index is 0.796. The van der Waals surface area contributed by atoms with Gasteiger partial charge < -0.3 is 15.5 Å². The van der Waals surface area contributed by atoms with Crippen molar-refractivity contribution in [1.82, 2.24) is 4.90 Å². The van der Waals surface area contributed by atoms with E-state index in [0.717, 1.165) is 23.8 Å². The number of hydrogen-bond donors (Lipinski definition) is 1. The molecule has 1 aromatic carbocycles. The quantitative estimate of drug-likeness (QED) is 0.665. The lowest BCUT2D eigenvalue weighted by Gasteiger charge is -2.32. The van der Waals surface area contributed by atoms with Crippen LogP contribution in [0.4, 0.5) is 11.4 Å². The number of anilines is 2. The van der Waals surface area contributed by atoms with Crippen LogP contribution < -0.4 is 10.6 Å². The van der Waals surface area contributed by atoms with Crippen LogP contribution in [0.25, 0.3) is 0 Å². The first kappa shape index (κ1) is 13.9. The topological polar surface area (TPSA) is 32.5 Å². The second-order valence-corrected chi connectivity index (χ2v) is 6.58. The third-order valence-electron chi connectivity index (χ3n) is 3.77. The molecule has 0 aromatic heterocycles. The molecule has 2 N–H and O–H groups in total. The van der Waals surface area contributed by atoms with E-state index in [-0.39, 0.29) is 0 Å². The Labute approximate surface area is 123 Å². The molecule has 0 bridgehead atoms. The van der Waals surface area contributed by atoms with Gasteiger partial charge in [-0.15, -0.1) is 0 Å². The van der Waals surface area contributed by atoms with Gasteiger partial charge in [0, 0.05) is 17.2 Å². The zero-order chi connectivity index (χ0) is 13.1. The van der Waals surface area contributed by atoms with E-state index in [1.165, 1.54) is 29.5 Å². The van der Waals surface area contributed by atoms with Crippen molar-refractivity contribution < 1.29 is 0 Å². The molecule has 0 unspecified atom stereocenters. The first-order chi connectivity index (χ1) is 8.56. The lowest BCUT2D eigenvalue weighted by Crippen LogP contribution is -2.35. The lowest BCUT2D eigenvalue weighted by atomic mass is 9.96. The number of nitrogens with zero attached hydrogens (tertiary/aromatic N) is 2. The van der Waals surface area contributed by atoms with Gasteiger partial charge in [-0.3, -0.25) is 0 Å². The van der Waals surface area contributed by atoms with Crippen LogP contribution in [0.2, 0.25) is 0 Å². The zero-order valence-corrected chi connectivity index (χ0v) is 13.4. The van der Waals surface area contributed by atoms with Gasteiger partial charge in [-0.1, -0.05) is 0 Å². The molecule has 4 heteroatoms. The van der Waals surface area contributed by atoms with Gasteiger partial charge in [-0.2, -0.15) is 0 Å². The summed E-state index contributed by atoms with van der Waals surface area (Å²) in [7, 11) is 4.36. The zero-order valence-electron chi connectivity index (χ0n) is 11.2. The number of piperidine rings is 1. The van der Waals surface area contributed by atoms with E-state index in [1.54, 1.807) is 0 Å². The highest BCUT2D eigenvalue weighted by Crippen LogP contribution is 2.26. The fourth-order valence-electron chi connectivity index (χ4n) is 2.60. The smallest absolute Gasteiger partial charge is 0.0598 e. The normalized spacial score (nSPS) is 17.9. The maximum absolute atomic E-state index is 6.09. The van der Waals surface area contributed by atoms with E-state index in [9.17, 15) is 0 Å². The standard InChI is InChI=1S/C14H22IN3/c1-17-7-5-11(6-8-17)10-18(2)14-4-3-12(15)9-13(14)16/h3-4,9,11H,5-8,10,16H2,1-2H3. The van der Waals surface area contributed by atoms with E-state index in [1.807, 2.05) is 6.07 Å². The number of nitrogen functional groups attached to an aromatic ring is 1. The molecule has 1 aliphatic rings. The Hall–Kier alpha value is -0.490. The number of hydrogen-bond acceptors (Lipinski definition) is 3. The number of likely N-dealkylation sites (tertiary alicyclic amines) is 1. The number of benzene rings is 1. The fraction of sp³-hybridized carbons (Fsp3) is 0.571. The lowest BCUT2D eigenvalue weighted by molar-refractivity contribution is 0.222. The molecule has 100 valence electrons. The summed E-state index contributed by atoms with van der Waals surface area (Å²) in [5, 5.41) is 0. The molecule has 1 fully saturated rings. The molecule has 1 aromatic rings. The molecule has 2 rings (SSSR count). The Morgan fingerprint density at radius 2 is 2.06 bits per heavy atom. The van der Waals surface area contributed by atoms with E-state index in [0.29, 0.717) is 0 Å². The van der Waals surface area contributed by atoms with Crippen LogP contribution in [-0.4, -0.2) is 38.6 Å². The Morgan fingerprint density at radius 3 is 2.67 bits per heavy atom. The average Bonchev–Trinajstić information content (AvgIpc) is 2.32. The molecule has 18 heavy (non-hydrogen) atoms. The fourth-order valence-corrected chi connectivity index (χ4v) is 3.12. The summed E-state index contributed by atoms with van der Waals surface area (Å²) >= 11 is 2.30. The summed E-state index contributed by atoms with van der Waals surface area (Å²) in [6.45, 7) is 3.56. The van der Waals surface area contributed by atoms with Gasteiger partial charge in [0.2, 0.25) is 0 Å². The van der Waals surface area contributed by atoms with Crippen molar-refractivity contribution in [1.29, 1.82) is 0 Å². The van der Waals surface area contributed by atoms with Crippen molar-refractivity contribution in [2.75, 3.05) is 44.4 Å². The number of rotatable bonds is 3. The Balaban J connectivity index is 1.97. The highest BCUT2D eigenvalue weighted by Gasteiger charge is 2.18. The summed E-state index contributed by atoms with van der Waals surface area (Å²) in [4.78, 5) is 4.72. The average molecular weight is 359 g/mol. The molecule has 0 aliphatic carbocycles. The van der Waals surface area contributed by atoms with Gasteiger partial charge in [0.15, 0.2) is 0 Å². The van der Waals surface area contributed by atoms with Gasteiger partial charge in [0.25, 0.3) is 0 Å². The molecule has 0 amide bonds. The molecular formula is C14H22IN3. The molecule has 0 radical (unpaired) electrons. The van der Waals surface area contributed by atoms with Crippen LogP contribution in [-0.2, 0) is 0 Å². The Morgan fingerprint density at radius 1 is 1.39 bits per heavy atom. The molecule has 0 atom stereocenters. The van der Waals surface area contributed by atoms with Crippen molar-refractivity contribution in [3.05, 3.63) is 21.8 Å². The minimum atomic E-state index is 0.796. The highest BCUT2D eigenvalue weighted by atomic mass is 127. The van der Waals surface area contributed by atoms with Crippen LogP contribution in [0.15, 0.2) is 18.2 Å². The maximum atomic E-state index is 6.09. The third kappa shape index (κ3) is 3.51. The van der Waals surface area contributed by atoms with Crippen LogP contribution in [0.5, 0.6) is 0 Å². The van der Waals surface area contributed by atoms with E-state index >= 15 is 0 Å². The van der Waals surface area contributed by atoms with Gasteiger partial charge in [-0.05, 0) is 79.7 Å². The maximum Gasteiger partial charge on any atom is 0.0598 e. The SMILES string of the molecule is CN1CCC(CN(C)c2ccc(I)cc2N)CC1. The predicted octanol–water partition coefficient (Wildman–Crippen LogP) is 2.65. The van der Waals surface area contributed by atoms with E-state index in [4.69, 9.17) is 5.73 Å². The third-order valence-corrected chi connectivity index (χ3v) is 4.44. The monoisotopic (exact) mass is 359 g/mol. The first-order valence-corrected chi connectivity index (χ1v) is 7.59. The van der Waals surface area contributed by atoms with Crippen molar-refractivity contribution in [2.24, 2.45) is 5.92 Å². The minimum Gasteiger partial charge on any atom is -0.397 e. The molecule has 1 aliphatic heterocycles. The van der Waals surface area contributed by atoms with Crippen LogP contribution >= 0.6 is 22.6 Å². The summed E-state index contributed by atoms with van der Waals surface area (Å²) in [6, 6.07) is 6.30. The van der Waals surface area contributed by atoms with Crippen LogP contribution in [0.3, 0.4) is 0 Å². The van der Waals surface area contributed by atoms with E-state index < -0.39 is 0 Å². The van der Waals surface area contributed by atoms with Gasteiger partial charge >= 0.3 is 0 Å². The van der Waals surface area contributed by atoms with Crippen molar-refractivity contribution >= 4 is 34.0 Å². The molecule has 0 spiro atoms. The summed E-state index contributed by atoms with van der Waals surface area (Å²) in [6.07, 6.45) is 2.59. The van der Waals surface area contributed by atoms with E-state index in [2.05, 4.69) is 58.6 Å². The van der Waals surface area contributed by atoms with Gasteiger partial charge in [0.05, 0.1) is 11.4 Å². The predicted molar refractivity (Wildman–Crippen MR) is 87.1 cm³/mol. The highest BCUT2D eigenvalue weighted by molar-refractivity contribution is 14.1. The van der Waals surface area contributed by atoms with Crippen molar-refractivity contribution in [3.8, 4) is 0 Å². The van der Waals surface area contributed by atoms with Gasteiger partial charge in [-0.25, -0.2) is 0 Å². The van der Waals surface area contributed by atoms with Crippen molar-refractivity contribution in [2.45, 2.75) is 12.8 Å². The Kier molecular flexibility index (Phi) is 4.72. The molecule has 3 nitrogen and oxygen atoms in total.